The third kappa shape index (κ3) is 2.74. The Morgan fingerprint density at radius 2 is 1.81 bits per heavy atom. The molecule has 1 aliphatic carbocycles. The van der Waals surface area contributed by atoms with Gasteiger partial charge in [0.2, 0.25) is 0 Å². The third-order valence-electron chi connectivity index (χ3n) is 5.63. The Kier molecular flexibility index (Phi) is 3.95. The van der Waals surface area contributed by atoms with E-state index in [9.17, 15) is 0 Å². The average molecular weight is 399 g/mol. The number of nitrogens with two attached hydrogens (primary N) is 1. The van der Waals surface area contributed by atoms with Crippen LogP contribution in [0.2, 0.25) is 10.0 Å². The summed E-state index contributed by atoms with van der Waals surface area (Å²) in [4.78, 5) is 12.0. The first kappa shape index (κ1) is 17.1. The molecule has 0 bridgehead atoms. The summed E-state index contributed by atoms with van der Waals surface area (Å²) in [5.41, 5.74) is 9.07. The van der Waals surface area contributed by atoms with Crippen molar-refractivity contribution in [2.75, 3.05) is 13.1 Å². The second-order valence-corrected chi connectivity index (χ2v) is 8.33. The maximum atomic E-state index is 6.32. The van der Waals surface area contributed by atoms with Crippen molar-refractivity contribution in [3.05, 3.63) is 58.1 Å². The van der Waals surface area contributed by atoms with Crippen LogP contribution in [0.25, 0.3) is 11.1 Å². The van der Waals surface area contributed by atoms with Gasteiger partial charge < -0.3 is 5.73 Å². The van der Waals surface area contributed by atoms with Crippen molar-refractivity contribution in [2.45, 2.75) is 24.8 Å². The van der Waals surface area contributed by atoms with Gasteiger partial charge in [0.05, 0.1) is 0 Å². The maximum Gasteiger partial charge on any atom is 0.198 e. The summed E-state index contributed by atoms with van der Waals surface area (Å²) in [7, 11) is 0. The Hall–Kier alpha value is -2.04. The molecular weight excluding hydrogens is 379 g/mol. The number of halogens is 2. The summed E-state index contributed by atoms with van der Waals surface area (Å²) in [5, 5.41) is 1.26. The minimum atomic E-state index is -0.455. The molecule has 0 amide bonds. The number of fused-ring (bicyclic) bond motifs is 1. The van der Waals surface area contributed by atoms with Crippen molar-refractivity contribution in [2.24, 2.45) is 21.6 Å². The van der Waals surface area contributed by atoms with Gasteiger partial charge in [0.1, 0.15) is 11.4 Å². The van der Waals surface area contributed by atoms with E-state index in [1.807, 2.05) is 12.1 Å². The molecule has 3 aliphatic rings. The third-order valence-corrected chi connectivity index (χ3v) is 6.07. The molecule has 1 atom stereocenters. The van der Waals surface area contributed by atoms with Gasteiger partial charge in [-0.3, -0.25) is 9.89 Å². The van der Waals surface area contributed by atoms with E-state index in [1.54, 1.807) is 6.07 Å². The predicted molar refractivity (Wildman–Crippen MR) is 112 cm³/mol. The Bertz CT molecular complexity index is 960. The summed E-state index contributed by atoms with van der Waals surface area (Å²) in [6.45, 7) is 1.74. The average Bonchev–Trinajstić information content (AvgIpc) is 3.47. The molecule has 1 saturated carbocycles. The first-order valence-corrected chi connectivity index (χ1v) is 10.1. The standard InChI is InChI=1S/C21H20Cl2N4/c22-17-10-14(11-18(23)12-17)13-3-1-4-16(9-13)21(15-5-6-15)19-25-7-2-8-27(19)20(24)26-21/h1,3-4,9-12,15H,2,5-8H2,(H2,24,26). The van der Waals surface area contributed by atoms with Gasteiger partial charge in [-0.25, -0.2) is 4.99 Å². The molecule has 6 heteroatoms. The van der Waals surface area contributed by atoms with E-state index in [0.717, 1.165) is 54.9 Å². The molecule has 0 aromatic heterocycles. The predicted octanol–water partition coefficient (Wildman–Crippen LogP) is 4.70. The van der Waals surface area contributed by atoms with Crippen LogP contribution < -0.4 is 5.73 Å². The fourth-order valence-corrected chi connectivity index (χ4v) is 4.83. The lowest BCUT2D eigenvalue weighted by atomic mass is 9.82. The number of hydrogen-bond acceptors (Lipinski definition) is 4. The molecule has 0 saturated heterocycles. The van der Waals surface area contributed by atoms with E-state index in [0.29, 0.717) is 21.9 Å². The molecule has 2 aliphatic heterocycles. The lowest BCUT2D eigenvalue weighted by Gasteiger charge is -2.33. The monoisotopic (exact) mass is 398 g/mol. The number of aliphatic imine (C=N–C) groups is 2. The lowest BCUT2D eigenvalue weighted by Crippen LogP contribution is -2.46. The van der Waals surface area contributed by atoms with Crippen molar-refractivity contribution < 1.29 is 0 Å². The van der Waals surface area contributed by atoms with Crippen LogP contribution in [-0.4, -0.2) is 29.8 Å². The molecule has 0 spiro atoms. The van der Waals surface area contributed by atoms with Crippen LogP contribution in [0.1, 0.15) is 24.8 Å². The van der Waals surface area contributed by atoms with Gasteiger partial charge in [0, 0.05) is 23.1 Å². The summed E-state index contributed by atoms with van der Waals surface area (Å²) >= 11 is 12.4. The molecule has 1 fully saturated rings. The van der Waals surface area contributed by atoms with Crippen LogP contribution in [0.3, 0.4) is 0 Å². The zero-order valence-electron chi connectivity index (χ0n) is 14.8. The molecule has 4 nitrogen and oxygen atoms in total. The summed E-state index contributed by atoms with van der Waals surface area (Å²) in [5.74, 6) is 2.07. The minimum absolute atomic E-state index is 0.455. The number of rotatable bonds is 3. The van der Waals surface area contributed by atoms with E-state index in [2.05, 4.69) is 29.2 Å². The van der Waals surface area contributed by atoms with E-state index in [1.165, 1.54) is 0 Å². The maximum absolute atomic E-state index is 6.32. The molecule has 2 aromatic rings. The summed E-state index contributed by atoms with van der Waals surface area (Å²) < 4.78 is 0. The van der Waals surface area contributed by atoms with Gasteiger partial charge in [0.25, 0.3) is 0 Å². The van der Waals surface area contributed by atoms with Crippen LogP contribution >= 0.6 is 23.2 Å². The number of benzene rings is 2. The van der Waals surface area contributed by atoms with Gasteiger partial charge in [-0.1, -0.05) is 41.4 Å². The smallest absolute Gasteiger partial charge is 0.198 e. The molecule has 2 aromatic carbocycles. The van der Waals surface area contributed by atoms with Crippen LogP contribution in [-0.2, 0) is 5.54 Å². The van der Waals surface area contributed by atoms with Crippen LogP contribution in [0.15, 0.2) is 52.4 Å². The fraction of sp³-hybridized carbons (Fsp3) is 0.333. The molecular formula is C21H20Cl2N4. The van der Waals surface area contributed by atoms with Crippen molar-refractivity contribution in [1.82, 2.24) is 4.90 Å². The number of guanidine groups is 1. The van der Waals surface area contributed by atoms with Crippen LogP contribution in [0.4, 0.5) is 0 Å². The molecule has 2 N–H and O–H groups in total. The highest BCUT2D eigenvalue weighted by atomic mass is 35.5. The highest BCUT2D eigenvalue weighted by Crippen LogP contribution is 2.52. The van der Waals surface area contributed by atoms with Gasteiger partial charge in [-0.05, 0) is 66.1 Å². The van der Waals surface area contributed by atoms with Gasteiger partial charge in [-0.2, -0.15) is 0 Å². The molecule has 138 valence electrons. The molecule has 27 heavy (non-hydrogen) atoms. The van der Waals surface area contributed by atoms with Crippen molar-refractivity contribution in [3.8, 4) is 11.1 Å². The van der Waals surface area contributed by atoms with E-state index < -0.39 is 5.54 Å². The lowest BCUT2D eigenvalue weighted by molar-refractivity contribution is 0.476. The van der Waals surface area contributed by atoms with Gasteiger partial charge in [-0.15, -0.1) is 0 Å². The highest BCUT2D eigenvalue weighted by molar-refractivity contribution is 6.35. The molecule has 2 heterocycles. The van der Waals surface area contributed by atoms with Crippen molar-refractivity contribution >= 4 is 35.0 Å². The SMILES string of the molecule is NC1=NC(c2cccc(-c3cc(Cl)cc(Cl)c3)c2)(C2CC2)C2=NCCCN12. The van der Waals surface area contributed by atoms with Gasteiger partial charge >= 0.3 is 0 Å². The molecule has 5 rings (SSSR count). The second kappa shape index (κ2) is 6.25. The van der Waals surface area contributed by atoms with Gasteiger partial charge in [0.15, 0.2) is 5.96 Å². The largest absolute Gasteiger partial charge is 0.369 e. The van der Waals surface area contributed by atoms with Crippen LogP contribution in [0, 0.1) is 5.92 Å². The fourth-order valence-electron chi connectivity index (χ4n) is 4.31. The molecule has 1 unspecified atom stereocenters. The minimum Gasteiger partial charge on any atom is -0.369 e. The zero-order chi connectivity index (χ0) is 18.6. The highest BCUT2D eigenvalue weighted by Gasteiger charge is 2.56. The van der Waals surface area contributed by atoms with E-state index >= 15 is 0 Å². The topological polar surface area (TPSA) is 54.0 Å². The Morgan fingerprint density at radius 3 is 2.56 bits per heavy atom. The zero-order valence-corrected chi connectivity index (χ0v) is 16.3. The van der Waals surface area contributed by atoms with Crippen molar-refractivity contribution in [1.29, 1.82) is 0 Å². The quantitative estimate of drug-likeness (QED) is 0.814. The normalized spacial score (nSPS) is 24.4. The Morgan fingerprint density at radius 1 is 1.04 bits per heavy atom. The summed E-state index contributed by atoms with van der Waals surface area (Å²) in [6, 6.07) is 14.1. The van der Waals surface area contributed by atoms with E-state index in [4.69, 9.17) is 38.9 Å². The Labute approximate surface area is 168 Å². The van der Waals surface area contributed by atoms with Crippen LogP contribution in [0.5, 0.6) is 0 Å². The van der Waals surface area contributed by atoms with E-state index in [-0.39, 0.29) is 0 Å². The number of nitrogens with zero attached hydrogens (tertiary/aromatic N) is 3. The summed E-state index contributed by atoms with van der Waals surface area (Å²) in [6.07, 6.45) is 3.31. The first-order valence-electron chi connectivity index (χ1n) is 9.33. The number of amidine groups is 1. The Balaban J connectivity index is 1.66. The molecule has 0 radical (unpaired) electrons. The number of hydrogen-bond donors (Lipinski definition) is 1. The first-order chi connectivity index (χ1) is 13.1. The van der Waals surface area contributed by atoms with Crippen molar-refractivity contribution in [3.63, 3.8) is 0 Å². The second-order valence-electron chi connectivity index (χ2n) is 7.46.